The zero-order chi connectivity index (χ0) is 20.7. The number of carbonyl (C=O) groups is 2. The molecule has 0 radical (unpaired) electrons. The zero-order valence-electron chi connectivity index (χ0n) is 17.3. The summed E-state index contributed by atoms with van der Waals surface area (Å²) in [5.74, 6) is 0.273. The second kappa shape index (κ2) is 9.93. The minimum absolute atomic E-state index is 0.0450. The Morgan fingerprint density at radius 3 is 2.29 bits per heavy atom. The molecule has 2 rings (SSSR count). The molecule has 0 heterocycles. The molecule has 2 amide bonds. The Balaban J connectivity index is 2.06. The Kier molecular flexibility index (Phi) is 7.61. The second-order valence-corrected chi connectivity index (χ2v) is 7.30. The quantitative estimate of drug-likeness (QED) is 0.724. The molecule has 0 aliphatic carbocycles. The lowest BCUT2D eigenvalue weighted by Gasteiger charge is -2.24. The molecule has 0 aromatic heterocycles. The topological polar surface area (TPSA) is 67.4 Å². The van der Waals surface area contributed by atoms with Crippen molar-refractivity contribution in [1.82, 2.24) is 10.6 Å². The third-order valence-electron chi connectivity index (χ3n) is 4.58. The molecule has 150 valence electrons. The molecule has 2 atom stereocenters. The summed E-state index contributed by atoms with van der Waals surface area (Å²) in [6.07, 6.45) is 0. The van der Waals surface area contributed by atoms with Crippen LogP contribution in [-0.4, -0.2) is 24.5 Å². The first-order valence-corrected chi connectivity index (χ1v) is 9.72. The summed E-state index contributed by atoms with van der Waals surface area (Å²) >= 11 is 0. The summed E-state index contributed by atoms with van der Waals surface area (Å²) in [5.41, 5.74) is 2.57. The van der Waals surface area contributed by atoms with Gasteiger partial charge in [-0.2, -0.15) is 0 Å². The van der Waals surface area contributed by atoms with Gasteiger partial charge in [-0.15, -0.1) is 0 Å². The number of carbonyl (C=O) groups excluding carboxylic acids is 2. The highest BCUT2D eigenvalue weighted by molar-refractivity contribution is 5.97. The average molecular weight is 383 g/mol. The maximum atomic E-state index is 12.8. The van der Waals surface area contributed by atoms with Gasteiger partial charge in [0, 0.05) is 5.56 Å². The zero-order valence-corrected chi connectivity index (χ0v) is 17.3. The predicted molar refractivity (Wildman–Crippen MR) is 111 cm³/mol. The standard InChI is InChI=1S/C23H30N2O3/c1-6-28-20-9-7-8-19(14-20)17(5)24-23(27)21(15(2)3)25-22(26)18-12-10-16(4)11-13-18/h7-15,17,21H,6H2,1-5H3,(H,24,27)(H,25,26). The maximum absolute atomic E-state index is 12.8. The molecular weight excluding hydrogens is 352 g/mol. The average Bonchev–Trinajstić information content (AvgIpc) is 2.66. The maximum Gasteiger partial charge on any atom is 0.251 e. The van der Waals surface area contributed by atoms with Crippen LogP contribution in [0.3, 0.4) is 0 Å². The molecule has 0 aliphatic rings. The molecule has 2 aromatic rings. The van der Waals surface area contributed by atoms with Gasteiger partial charge in [-0.3, -0.25) is 9.59 Å². The van der Waals surface area contributed by atoms with Crippen LogP contribution in [0.5, 0.6) is 5.75 Å². The Bertz CT molecular complexity index is 800. The van der Waals surface area contributed by atoms with Crippen LogP contribution in [0.15, 0.2) is 48.5 Å². The van der Waals surface area contributed by atoms with Crippen LogP contribution in [-0.2, 0) is 4.79 Å². The number of amides is 2. The van der Waals surface area contributed by atoms with E-state index in [9.17, 15) is 9.59 Å². The van der Waals surface area contributed by atoms with E-state index in [1.807, 2.05) is 71.0 Å². The van der Waals surface area contributed by atoms with Crippen molar-refractivity contribution >= 4 is 11.8 Å². The van der Waals surface area contributed by atoms with E-state index in [0.29, 0.717) is 12.2 Å². The number of ether oxygens (including phenoxy) is 1. The second-order valence-electron chi connectivity index (χ2n) is 7.30. The van der Waals surface area contributed by atoms with Crippen LogP contribution in [0.2, 0.25) is 0 Å². The molecule has 0 spiro atoms. The van der Waals surface area contributed by atoms with Gasteiger partial charge in [-0.1, -0.05) is 43.7 Å². The van der Waals surface area contributed by atoms with Gasteiger partial charge >= 0.3 is 0 Å². The Labute approximate surface area is 167 Å². The highest BCUT2D eigenvalue weighted by Crippen LogP contribution is 2.19. The molecule has 0 aliphatic heterocycles. The molecular formula is C23H30N2O3. The van der Waals surface area contributed by atoms with Gasteiger partial charge in [0.25, 0.3) is 5.91 Å². The predicted octanol–water partition coefficient (Wildman–Crippen LogP) is 4.03. The number of hydrogen-bond donors (Lipinski definition) is 2. The molecule has 5 heteroatoms. The van der Waals surface area contributed by atoms with E-state index in [2.05, 4.69) is 10.6 Å². The number of rotatable bonds is 8. The Morgan fingerprint density at radius 2 is 1.68 bits per heavy atom. The van der Waals surface area contributed by atoms with Crippen molar-refractivity contribution in [3.05, 3.63) is 65.2 Å². The van der Waals surface area contributed by atoms with E-state index < -0.39 is 6.04 Å². The summed E-state index contributed by atoms with van der Waals surface area (Å²) in [7, 11) is 0. The van der Waals surface area contributed by atoms with Gasteiger partial charge in [-0.25, -0.2) is 0 Å². The first-order valence-electron chi connectivity index (χ1n) is 9.72. The molecule has 0 bridgehead atoms. The number of nitrogens with one attached hydrogen (secondary N) is 2. The highest BCUT2D eigenvalue weighted by Gasteiger charge is 2.26. The van der Waals surface area contributed by atoms with Crippen LogP contribution in [0, 0.1) is 12.8 Å². The number of aryl methyl sites for hydroxylation is 1. The van der Waals surface area contributed by atoms with Crippen LogP contribution < -0.4 is 15.4 Å². The van der Waals surface area contributed by atoms with Crippen molar-refractivity contribution in [2.24, 2.45) is 5.92 Å². The lowest BCUT2D eigenvalue weighted by atomic mass is 10.0. The molecule has 0 saturated carbocycles. The van der Waals surface area contributed by atoms with Crippen molar-refractivity contribution < 1.29 is 14.3 Å². The third-order valence-corrected chi connectivity index (χ3v) is 4.58. The van der Waals surface area contributed by atoms with E-state index >= 15 is 0 Å². The minimum Gasteiger partial charge on any atom is -0.494 e. The highest BCUT2D eigenvalue weighted by atomic mass is 16.5. The first-order chi connectivity index (χ1) is 13.3. The van der Waals surface area contributed by atoms with Gasteiger partial charge in [0.05, 0.1) is 12.6 Å². The Hall–Kier alpha value is -2.82. The largest absolute Gasteiger partial charge is 0.494 e. The molecule has 2 unspecified atom stereocenters. The summed E-state index contributed by atoms with van der Waals surface area (Å²) in [6, 6.07) is 14.1. The van der Waals surface area contributed by atoms with Crippen molar-refractivity contribution in [2.75, 3.05) is 6.61 Å². The first kappa shape index (κ1) is 21.5. The van der Waals surface area contributed by atoms with Crippen LogP contribution in [0.25, 0.3) is 0 Å². The van der Waals surface area contributed by atoms with Crippen molar-refractivity contribution in [2.45, 2.75) is 46.7 Å². The third kappa shape index (κ3) is 5.84. The van der Waals surface area contributed by atoms with E-state index in [1.54, 1.807) is 12.1 Å². The van der Waals surface area contributed by atoms with Crippen LogP contribution in [0.1, 0.15) is 55.2 Å². The van der Waals surface area contributed by atoms with Gasteiger partial charge in [0.15, 0.2) is 0 Å². The lowest BCUT2D eigenvalue weighted by molar-refractivity contribution is -0.124. The SMILES string of the molecule is CCOc1cccc(C(C)NC(=O)C(NC(=O)c2ccc(C)cc2)C(C)C)c1. The molecule has 28 heavy (non-hydrogen) atoms. The molecule has 0 fully saturated rings. The summed E-state index contributed by atoms with van der Waals surface area (Å²) < 4.78 is 5.53. The van der Waals surface area contributed by atoms with Crippen molar-refractivity contribution in [1.29, 1.82) is 0 Å². The van der Waals surface area contributed by atoms with Gasteiger partial charge in [-0.05, 0) is 56.5 Å². The van der Waals surface area contributed by atoms with Crippen LogP contribution >= 0.6 is 0 Å². The fourth-order valence-corrected chi connectivity index (χ4v) is 2.89. The van der Waals surface area contributed by atoms with E-state index in [4.69, 9.17) is 4.74 Å². The van der Waals surface area contributed by atoms with Crippen molar-refractivity contribution in [3.8, 4) is 5.75 Å². The van der Waals surface area contributed by atoms with E-state index in [1.165, 1.54) is 0 Å². The lowest BCUT2D eigenvalue weighted by Crippen LogP contribution is -2.50. The monoisotopic (exact) mass is 382 g/mol. The van der Waals surface area contributed by atoms with E-state index in [0.717, 1.165) is 16.9 Å². The van der Waals surface area contributed by atoms with Gasteiger partial charge < -0.3 is 15.4 Å². The molecule has 5 nitrogen and oxygen atoms in total. The minimum atomic E-state index is -0.619. The molecule has 2 aromatic carbocycles. The smallest absolute Gasteiger partial charge is 0.251 e. The van der Waals surface area contributed by atoms with Gasteiger partial charge in [0.1, 0.15) is 11.8 Å². The Morgan fingerprint density at radius 1 is 1.00 bits per heavy atom. The fourth-order valence-electron chi connectivity index (χ4n) is 2.89. The normalized spacial score (nSPS) is 12.9. The van der Waals surface area contributed by atoms with Gasteiger partial charge in [0.2, 0.25) is 5.91 Å². The molecule has 0 saturated heterocycles. The number of benzene rings is 2. The summed E-state index contributed by atoms with van der Waals surface area (Å²) in [5, 5.41) is 5.87. The summed E-state index contributed by atoms with van der Waals surface area (Å²) in [6.45, 7) is 10.2. The number of hydrogen-bond acceptors (Lipinski definition) is 3. The fraction of sp³-hybridized carbons (Fsp3) is 0.391. The van der Waals surface area contributed by atoms with E-state index in [-0.39, 0.29) is 23.8 Å². The van der Waals surface area contributed by atoms with Crippen molar-refractivity contribution in [3.63, 3.8) is 0 Å². The summed E-state index contributed by atoms with van der Waals surface area (Å²) in [4.78, 5) is 25.4. The van der Waals surface area contributed by atoms with Crippen LogP contribution in [0.4, 0.5) is 0 Å². The molecule has 2 N–H and O–H groups in total.